The maximum atomic E-state index is 11.0. The molecule has 0 radical (unpaired) electrons. The van der Waals surface area contributed by atoms with Crippen LogP contribution < -0.4 is 4.74 Å². The molecular weight excluding hydrogens is 284 g/mol. The molecule has 0 bridgehead atoms. The van der Waals surface area contributed by atoms with E-state index in [4.69, 9.17) is 4.74 Å². The molecule has 0 aliphatic heterocycles. The van der Waals surface area contributed by atoms with Crippen LogP contribution in [-0.4, -0.2) is 22.4 Å². The van der Waals surface area contributed by atoms with Crippen LogP contribution in [0.4, 0.5) is 0 Å². The summed E-state index contributed by atoms with van der Waals surface area (Å²) in [4.78, 5) is 15.6. The standard InChI is InChI=1S/C16H14N2O2S/c1-2-20-14-7-5-12(6-8-14)15-11-21-16(17-15)18-9-3-4-13(18)10-19/h3-11H,2H2,1H3. The SMILES string of the molecule is CCOc1ccc(-c2csc(-n3cccc3C=O)n2)cc1. The number of carbonyl (C=O) groups is 1. The summed E-state index contributed by atoms with van der Waals surface area (Å²) in [5.74, 6) is 0.852. The van der Waals surface area contributed by atoms with Crippen molar-refractivity contribution >= 4 is 17.6 Å². The van der Waals surface area contributed by atoms with E-state index in [2.05, 4.69) is 4.98 Å². The van der Waals surface area contributed by atoms with E-state index in [1.54, 1.807) is 10.6 Å². The smallest absolute Gasteiger partial charge is 0.194 e. The van der Waals surface area contributed by atoms with E-state index in [1.807, 2.05) is 48.8 Å². The summed E-state index contributed by atoms with van der Waals surface area (Å²) >= 11 is 1.51. The largest absolute Gasteiger partial charge is 0.494 e. The first-order valence-electron chi connectivity index (χ1n) is 6.63. The lowest BCUT2D eigenvalue weighted by molar-refractivity contribution is 0.111. The van der Waals surface area contributed by atoms with Crippen LogP contribution in [0.2, 0.25) is 0 Å². The van der Waals surface area contributed by atoms with Gasteiger partial charge in [-0.2, -0.15) is 0 Å². The summed E-state index contributed by atoms with van der Waals surface area (Å²) in [6, 6.07) is 11.4. The van der Waals surface area contributed by atoms with Gasteiger partial charge in [-0.1, -0.05) is 0 Å². The van der Waals surface area contributed by atoms with Crippen molar-refractivity contribution in [1.29, 1.82) is 0 Å². The van der Waals surface area contributed by atoms with Crippen LogP contribution in [0.15, 0.2) is 48.0 Å². The number of ether oxygens (including phenoxy) is 1. The summed E-state index contributed by atoms with van der Waals surface area (Å²) in [6.07, 6.45) is 2.67. The number of aromatic nitrogens is 2. The minimum absolute atomic E-state index is 0.600. The van der Waals surface area contributed by atoms with Crippen molar-refractivity contribution in [2.24, 2.45) is 0 Å². The second-order valence-corrected chi connectivity index (χ2v) is 5.23. The molecule has 0 amide bonds. The molecule has 0 N–H and O–H groups in total. The Morgan fingerprint density at radius 3 is 2.81 bits per heavy atom. The molecular formula is C16H14N2O2S. The predicted molar refractivity (Wildman–Crippen MR) is 83.4 cm³/mol. The van der Waals surface area contributed by atoms with Crippen LogP contribution in [-0.2, 0) is 0 Å². The minimum atomic E-state index is 0.600. The van der Waals surface area contributed by atoms with Crippen molar-refractivity contribution in [2.45, 2.75) is 6.92 Å². The van der Waals surface area contributed by atoms with Gasteiger partial charge in [-0.25, -0.2) is 4.98 Å². The molecule has 0 fully saturated rings. The van der Waals surface area contributed by atoms with Crippen molar-refractivity contribution in [3.05, 3.63) is 53.7 Å². The first-order chi connectivity index (χ1) is 10.3. The lowest BCUT2D eigenvalue weighted by atomic mass is 10.2. The number of carbonyl (C=O) groups excluding carboxylic acids is 1. The Balaban J connectivity index is 1.89. The van der Waals surface area contributed by atoms with Crippen LogP contribution in [0.5, 0.6) is 5.75 Å². The van der Waals surface area contributed by atoms with Gasteiger partial charge in [0.2, 0.25) is 0 Å². The van der Waals surface area contributed by atoms with Crippen LogP contribution in [0.1, 0.15) is 17.4 Å². The zero-order valence-corrected chi connectivity index (χ0v) is 12.3. The summed E-state index contributed by atoms with van der Waals surface area (Å²) in [6.45, 7) is 2.62. The van der Waals surface area contributed by atoms with E-state index in [0.29, 0.717) is 12.3 Å². The molecule has 0 spiro atoms. The fourth-order valence-corrected chi connectivity index (χ4v) is 2.90. The molecule has 0 saturated heterocycles. The van der Waals surface area contributed by atoms with Crippen molar-refractivity contribution in [2.75, 3.05) is 6.61 Å². The number of aldehydes is 1. The van der Waals surface area contributed by atoms with E-state index < -0.39 is 0 Å². The summed E-state index contributed by atoms with van der Waals surface area (Å²) in [5, 5.41) is 2.77. The molecule has 0 saturated carbocycles. The highest BCUT2D eigenvalue weighted by Gasteiger charge is 2.08. The number of benzene rings is 1. The third kappa shape index (κ3) is 2.73. The normalized spacial score (nSPS) is 10.5. The van der Waals surface area contributed by atoms with Crippen molar-refractivity contribution in [3.63, 3.8) is 0 Å². The fourth-order valence-electron chi connectivity index (χ4n) is 2.06. The number of rotatable bonds is 5. The van der Waals surface area contributed by atoms with Gasteiger partial charge in [0.1, 0.15) is 5.75 Å². The van der Waals surface area contributed by atoms with E-state index in [0.717, 1.165) is 28.4 Å². The quantitative estimate of drug-likeness (QED) is 0.673. The molecule has 2 aromatic heterocycles. The van der Waals surface area contributed by atoms with E-state index in [1.165, 1.54) is 11.3 Å². The van der Waals surface area contributed by atoms with E-state index in [-0.39, 0.29) is 0 Å². The number of hydrogen-bond donors (Lipinski definition) is 0. The zero-order chi connectivity index (χ0) is 14.7. The number of thiazole rings is 1. The number of nitrogens with zero attached hydrogens (tertiary/aromatic N) is 2. The average Bonchev–Trinajstić information content (AvgIpc) is 3.17. The van der Waals surface area contributed by atoms with Gasteiger partial charge in [0.05, 0.1) is 18.0 Å². The third-order valence-electron chi connectivity index (χ3n) is 3.06. The van der Waals surface area contributed by atoms with Gasteiger partial charge >= 0.3 is 0 Å². The lowest BCUT2D eigenvalue weighted by Crippen LogP contribution is -1.96. The summed E-state index contributed by atoms with van der Waals surface area (Å²) < 4.78 is 7.22. The van der Waals surface area contributed by atoms with Crippen molar-refractivity contribution in [3.8, 4) is 22.1 Å². The molecule has 1 aromatic carbocycles. The van der Waals surface area contributed by atoms with Gasteiger partial charge in [-0.3, -0.25) is 9.36 Å². The lowest BCUT2D eigenvalue weighted by Gasteiger charge is -2.03. The molecule has 3 rings (SSSR count). The highest BCUT2D eigenvalue weighted by molar-refractivity contribution is 7.12. The topological polar surface area (TPSA) is 44.1 Å². The molecule has 4 nitrogen and oxygen atoms in total. The average molecular weight is 298 g/mol. The van der Waals surface area contributed by atoms with Gasteiger partial charge < -0.3 is 4.74 Å². The Hall–Kier alpha value is -2.40. The van der Waals surface area contributed by atoms with Crippen molar-refractivity contribution in [1.82, 2.24) is 9.55 Å². The first kappa shape index (κ1) is 13.6. The second-order valence-electron chi connectivity index (χ2n) is 4.39. The van der Waals surface area contributed by atoms with Gasteiger partial charge in [0.25, 0.3) is 0 Å². The van der Waals surface area contributed by atoms with Crippen molar-refractivity contribution < 1.29 is 9.53 Å². The Labute approximate surface area is 126 Å². The molecule has 5 heteroatoms. The zero-order valence-electron chi connectivity index (χ0n) is 11.5. The number of hydrogen-bond acceptors (Lipinski definition) is 4. The fraction of sp³-hybridized carbons (Fsp3) is 0.125. The van der Waals surface area contributed by atoms with Gasteiger partial charge in [-0.05, 0) is 43.3 Å². The molecule has 0 unspecified atom stereocenters. The molecule has 21 heavy (non-hydrogen) atoms. The van der Waals surface area contributed by atoms with E-state index in [9.17, 15) is 4.79 Å². The highest BCUT2D eigenvalue weighted by atomic mass is 32.1. The van der Waals surface area contributed by atoms with Crippen LogP contribution in [0.3, 0.4) is 0 Å². The minimum Gasteiger partial charge on any atom is -0.494 e. The van der Waals surface area contributed by atoms with Gasteiger partial charge in [-0.15, -0.1) is 11.3 Å². The van der Waals surface area contributed by atoms with Gasteiger partial charge in [0.15, 0.2) is 11.4 Å². The summed E-state index contributed by atoms with van der Waals surface area (Å²) in [7, 11) is 0. The summed E-state index contributed by atoms with van der Waals surface area (Å²) in [5.41, 5.74) is 2.52. The molecule has 2 heterocycles. The predicted octanol–water partition coefficient (Wildman–Crippen LogP) is 3.81. The van der Waals surface area contributed by atoms with Crippen LogP contribution in [0, 0.1) is 0 Å². The molecule has 106 valence electrons. The molecule has 0 aliphatic rings. The van der Waals surface area contributed by atoms with Crippen LogP contribution >= 0.6 is 11.3 Å². The molecule has 0 atom stereocenters. The Morgan fingerprint density at radius 1 is 1.29 bits per heavy atom. The third-order valence-corrected chi connectivity index (χ3v) is 3.90. The molecule has 3 aromatic rings. The van der Waals surface area contributed by atoms with E-state index >= 15 is 0 Å². The Bertz CT molecular complexity index is 744. The monoisotopic (exact) mass is 298 g/mol. The second kappa shape index (κ2) is 5.93. The molecule has 0 aliphatic carbocycles. The Kier molecular flexibility index (Phi) is 3.83. The highest BCUT2D eigenvalue weighted by Crippen LogP contribution is 2.26. The Morgan fingerprint density at radius 2 is 2.10 bits per heavy atom. The maximum absolute atomic E-state index is 11.0. The maximum Gasteiger partial charge on any atom is 0.194 e. The first-order valence-corrected chi connectivity index (χ1v) is 7.51. The van der Waals surface area contributed by atoms with Gasteiger partial charge in [0, 0.05) is 17.1 Å². The van der Waals surface area contributed by atoms with Crippen LogP contribution in [0.25, 0.3) is 16.4 Å².